The highest BCUT2D eigenvalue weighted by molar-refractivity contribution is 7.75. The summed E-state index contributed by atoms with van der Waals surface area (Å²) in [6.07, 6.45) is 0. The van der Waals surface area contributed by atoms with Gasteiger partial charge in [-0.1, -0.05) is 17.7 Å². The molecular formula is C9H12OS. The molecule has 0 aliphatic rings. The molecule has 0 amide bonds. The lowest BCUT2D eigenvalue weighted by atomic mass is 10.1. The highest BCUT2D eigenvalue weighted by Crippen LogP contribution is 2.24. The first-order chi connectivity index (χ1) is 5.15. The average molecular weight is 168 g/mol. The standard InChI is InChI=1S/C9H12OS/c1-6-4-7(2)9(10-11)8(3)5-6/h4-5,11H,1-3H3. The molecule has 0 atom stereocenters. The molecule has 0 bridgehead atoms. The summed E-state index contributed by atoms with van der Waals surface area (Å²) in [5, 5.41) is 0. The second kappa shape index (κ2) is 3.18. The Bertz CT molecular complexity index is 245. The van der Waals surface area contributed by atoms with Crippen molar-refractivity contribution in [3.63, 3.8) is 0 Å². The van der Waals surface area contributed by atoms with Crippen molar-refractivity contribution < 1.29 is 4.18 Å². The molecule has 1 nitrogen and oxygen atoms in total. The summed E-state index contributed by atoms with van der Waals surface area (Å²) in [6, 6.07) is 4.16. The van der Waals surface area contributed by atoms with E-state index in [1.165, 1.54) is 5.56 Å². The summed E-state index contributed by atoms with van der Waals surface area (Å²) < 4.78 is 4.93. The van der Waals surface area contributed by atoms with Crippen molar-refractivity contribution in [1.29, 1.82) is 0 Å². The Morgan fingerprint density at radius 3 is 1.91 bits per heavy atom. The van der Waals surface area contributed by atoms with Gasteiger partial charge >= 0.3 is 0 Å². The number of rotatable bonds is 1. The molecule has 0 unspecified atom stereocenters. The number of hydrogen-bond donors (Lipinski definition) is 1. The van der Waals surface area contributed by atoms with Crippen LogP contribution in [0.25, 0.3) is 0 Å². The van der Waals surface area contributed by atoms with Crippen molar-refractivity contribution in [2.75, 3.05) is 0 Å². The summed E-state index contributed by atoms with van der Waals surface area (Å²) in [4.78, 5) is 0. The quantitative estimate of drug-likeness (QED) is 0.501. The van der Waals surface area contributed by atoms with Gasteiger partial charge in [0.25, 0.3) is 0 Å². The fourth-order valence-corrected chi connectivity index (χ4v) is 1.60. The van der Waals surface area contributed by atoms with Crippen LogP contribution in [-0.2, 0) is 0 Å². The van der Waals surface area contributed by atoms with Crippen molar-refractivity contribution in [1.82, 2.24) is 0 Å². The maximum absolute atomic E-state index is 4.93. The predicted octanol–water partition coefficient (Wildman–Crippen LogP) is 2.84. The molecule has 2 heteroatoms. The van der Waals surface area contributed by atoms with Gasteiger partial charge in [0.05, 0.1) is 0 Å². The number of hydrogen-bond acceptors (Lipinski definition) is 2. The molecule has 0 saturated heterocycles. The molecule has 60 valence electrons. The highest BCUT2D eigenvalue weighted by atomic mass is 32.1. The molecule has 0 aliphatic carbocycles. The van der Waals surface area contributed by atoms with E-state index in [4.69, 9.17) is 4.18 Å². The molecule has 0 radical (unpaired) electrons. The third-order valence-electron chi connectivity index (χ3n) is 1.70. The second-order valence-corrected chi connectivity index (χ2v) is 3.00. The van der Waals surface area contributed by atoms with Gasteiger partial charge in [-0.3, -0.25) is 0 Å². The topological polar surface area (TPSA) is 9.23 Å². The SMILES string of the molecule is Cc1cc(C)c(OS)c(C)c1. The van der Waals surface area contributed by atoms with Crippen LogP contribution in [-0.4, -0.2) is 0 Å². The Labute approximate surface area is 73.0 Å². The van der Waals surface area contributed by atoms with Crippen molar-refractivity contribution in [2.24, 2.45) is 0 Å². The van der Waals surface area contributed by atoms with Crippen LogP contribution in [0.1, 0.15) is 16.7 Å². The van der Waals surface area contributed by atoms with Crippen LogP contribution in [0, 0.1) is 20.8 Å². The third kappa shape index (κ3) is 1.69. The Balaban J connectivity index is 3.25. The van der Waals surface area contributed by atoms with E-state index in [9.17, 15) is 0 Å². The van der Waals surface area contributed by atoms with E-state index in [1.54, 1.807) is 0 Å². The minimum absolute atomic E-state index is 0.874. The molecule has 1 aromatic carbocycles. The van der Waals surface area contributed by atoms with Gasteiger partial charge in [0.1, 0.15) is 5.75 Å². The predicted molar refractivity (Wildman–Crippen MR) is 50.3 cm³/mol. The van der Waals surface area contributed by atoms with E-state index < -0.39 is 0 Å². The lowest BCUT2D eigenvalue weighted by Gasteiger charge is -2.07. The van der Waals surface area contributed by atoms with E-state index in [0.29, 0.717) is 0 Å². The first-order valence-electron chi connectivity index (χ1n) is 3.54. The Hall–Kier alpha value is -0.630. The fourth-order valence-electron chi connectivity index (χ4n) is 1.31. The molecule has 0 N–H and O–H groups in total. The second-order valence-electron chi connectivity index (χ2n) is 2.82. The van der Waals surface area contributed by atoms with Gasteiger partial charge in [0.15, 0.2) is 0 Å². The zero-order chi connectivity index (χ0) is 8.43. The Kier molecular flexibility index (Phi) is 2.45. The molecule has 0 aromatic heterocycles. The highest BCUT2D eigenvalue weighted by Gasteiger charge is 2.02. The molecule has 1 aromatic rings. The van der Waals surface area contributed by atoms with Crippen molar-refractivity contribution >= 4 is 12.9 Å². The maximum atomic E-state index is 4.93. The summed E-state index contributed by atoms with van der Waals surface area (Å²) in [7, 11) is 0. The number of thiol groups is 1. The molecule has 1 rings (SSSR count). The number of aryl methyl sites for hydroxylation is 3. The van der Waals surface area contributed by atoms with Crippen molar-refractivity contribution in [3.05, 3.63) is 28.8 Å². The van der Waals surface area contributed by atoms with Gasteiger partial charge in [-0.2, -0.15) is 0 Å². The first-order valence-corrected chi connectivity index (χ1v) is 3.91. The molecule has 0 spiro atoms. The van der Waals surface area contributed by atoms with E-state index in [1.807, 2.05) is 13.8 Å². The minimum atomic E-state index is 0.874. The molecule has 0 heterocycles. The first kappa shape index (κ1) is 8.47. The molecule has 0 aliphatic heterocycles. The molecule has 11 heavy (non-hydrogen) atoms. The van der Waals surface area contributed by atoms with Crippen molar-refractivity contribution in [2.45, 2.75) is 20.8 Å². The maximum Gasteiger partial charge on any atom is 0.142 e. The van der Waals surface area contributed by atoms with Gasteiger partial charge < -0.3 is 4.18 Å². The largest absolute Gasteiger partial charge is 0.428 e. The lowest BCUT2D eigenvalue weighted by Crippen LogP contribution is -1.87. The summed E-state index contributed by atoms with van der Waals surface area (Å²) in [5.74, 6) is 0.874. The van der Waals surface area contributed by atoms with Crippen LogP contribution in [0.4, 0.5) is 0 Å². The van der Waals surface area contributed by atoms with Crippen LogP contribution < -0.4 is 4.18 Å². The van der Waals surface area contributed by atoms with Gasteiger partial charge in [0.2, 0.25) is 0 Å². The summed E-state index contributed by atoms with van der Waals surface area (Å²) >= 11 is 3.78. The zero-order valence-corrected chi connectivity index (χ0v) is 7.90. The van der Waals surface area contributed by atoms with Crippen LogP contribution in [0.2, 0.25) is 0 Å². The summed E-state index contributed by atoms with van der Waals surface area (Å²) in [5.41, 5.74) is 3.53. The number of benzene rings is 1. The average Bonchev–Trinajstić information content (AvgIpc) is 1.85. The molecular weight excluding hydrogens is 156 g/mol. The monoisotopic (exact) mass is 168 g/mol. The smallest absolute Gasteiger partial charge is 0.142 e. The Morgan fingerprint density at radius 2 is 1.55 bits per heavy atom. The molecule has 0 saturated carbocycles. The minimum Gasteiger partial charge on any atom is -0.428 e. The lowest BCUT2D eigenvalue weighted by molar-refractivity contribution is 0.645. The van der Waals surface area contributed by atoms with Gasteiger partial charge in [0, 0.05) is 12.9 Å². The van der Waals surface area contributed by atoms with Crippen molar-refractivity contribution in [3.8, 4) is 5.75 Å². The summed E-state index contributed by atoms with van der Waals surface area (Å²) in [6.45, 7) is 6.11. The van der Waals surface area contributed by atoms with Gasteiger partial charge in [-0.05, 0) is 31.9 Å². The van der Waals surface area contributed by atoms with Crippen LogP contribution in [0.5, 0.6) is 5.75 Å². The van der Waals surface area contributed by atoms with E-state index >= 15 is 0 Å². The van der Waals surface area contributed by atoms with Crippen LogP contribution >= 0.6 is 12.9 Å². The Morgan fingerprint density at radius 1 is 1.09 bits per heavy atom. The van der Waals surface area contributed by atoms with E-state index in [2.05, 4.69) is 32.0 Å². The normalized spacial score (nSPS) is 9.82. The molecule has 0 fully saturated rings. The van der Waals surface area contributed by atoms with E-state index in [-0.39, 0.29) is 0 Å². The zero-order valence-electron chi connectivity index (χ0n) is 7.01. The van der Waals surface area contributed by atoms with Gasteiger partial charge in [-0.25, -0.2) is 0 Å². The van der Waals surface area contributed by atoms with E-state index in [0.717, 1.165) is 16.9 Å². The fraction of sp³-hybridized carbons (Fsp3) is 0.333. The van der Waals surface area contributed by atoms with Crippen LogP contribution in [0.15, 0.2) is 12.1 Å². The third-order valence-corrected chi connectivity index (χ3v) is 1.88. The van der Waals surface area contributed by atoms with Crippen LogP contribution in [0.3, 0.4) is 0 Å². The van der Waals surface area contributed by atoms with Gasteiger partial charge in [-0.15, -0.1) is 0 Å².